The van der Waals surface area contributed by atoms with Crippen molar-refractivity contribution in [2.24, 2.45) is 10.9 Å². The van der Waals surface area contributed by atoms with E-state index in [0.29, 0.717) is 12.0 Å². The Labute approximate surface area is 180 Å². The normalized spacial score (nSPS) is 23.4. The van der Waals surface area contributed by atoms with Crippen molar-refractivity contribution in [1.82, 2.24) is 29.6 Å². The average molecular weight is 420 g/mol. The Morgan fingerprint density at radius 2 is 2.10 bits per heavy atom. The first-order valence-electron chi connectivity index (χ1n) is 11.1. The molecule has 3 rings (SSSR count). The number of ether oxygens (including phenoxy) is 1. The Balaban J connectivity index is 1.59. The number of aromatic nitrogens is 2. The Morgan fingerprint density at radius 1 is 1.30 bits per heavy atom. The molecule has 1 aromatic heterocycles. The lowest BCUT2D eigenvalue weighted by Gasteiger charge is -2.39. The fourth-order valence-electron chi connectivity index (χ4n) is 3.97. The minimum atomic E-state index is 0.0131. The summed E-state index contributed by atoms with van der Waals surface area (Å²) < 4.78 is 7.61. The highest BCUT2D eigenvalue weighted by molar-refractivity contribution is 5.84. The molecule has 0 bridgehead atoms. The van der Waals surface area contributed by atoms with Crippen molar-refractivity contribution in [3.8, 4) is 0 Å². The second kappa shape index (κ2) is 11.3. The number of guanidine groups is 1. The van der Waals surface area contributed by atoms with Crippen molar-refractivity contribution in [3.05, 3.63) is 18.7 Å². The average Bonchev–Trinajstić information content (AvgIpc) is 3.29. The number of rotatable bonds is 7. The van der Waals surface area contributed by atoms with E-state index in [-0.39, 0.29) is 12.5 Å². The molecule has 0 spiro atoms. The number of likely N-dealkylation sites (tertiary alicyclic amines) is 1. The van der Waals surface area contributed by atoms with E-state index in [2.05, 4.69) is 36.6 Å². The van der Waals surface area contributed by atoms with Gasteiger partial charge < -0.3 is 24.4 Å². The number of morpholine rings is 1. The summed E-state index contributed by atoms with van der Waals surface area (Å²) in [6, 6.07) is 0.353. The van der Waals surface area contributed by atoms with Crippen LogP contribution in [-0.4, -0.2) is 109 Å². The maximum atomic E-state index is 12.1. The third-order valence-electron chi connectivity index (χ3n) is 6.03. The highest BCUT2D eigenvalue weighted by atomic mass is 16.5. The van der Waals surface area contributed by atoms with E-state index in [1.807, 2.05) is 18.7 Å². The molecule has 1 N–H and O–H groups in total. The van der Waals surface area contributed by atoms with Gasteiger partial charge in [0.1, 0.15) is 6.54 Å². The Bertz CT molecular complexity index is 671. The fourth-order valence-corrected chi connectivity index (χ4v) is 3.97. The number of amides is 1. The molecule has 0 aromatic carbocycles. The van der Waals surface area contributed by atoms with Gasteiger partial charge >= 0.3 is 0 Å². The molecule has 3 heterocycles. The number of imidazole rings is 1. The zero-order valence-electron chi connectivity index (χ0n) is 18.7. The topological polar surface area (TPSA) is 78.2 Å². The van der Waals surface area contributed by atoms with E-state index in [4.69, 9.17) is 4.74 Å². The Kier molecular flexibility index (Phi) is 8.50. The monoisotopic (exact) mass is 419 g/mol. The molecule has 2 atom stereocenters. The minimum absolute atomic E-state index is 0.0131. The van der Waals surface area contributed by atoms with E-state index in [1.165, 1.54) is 0 Å². The highest BCUT2D eigenvalue weighted by Gasteiger charge is 2.29. The van der Waals surface area contributed by atoms with Crippen LogP contribution < -0.4 is 5.32 Å². The van der Waals surface area contributed by atoms with E-state index >= 15 is 0 Å². The first-order valence-corrected chi connectivity index (χ1v) is 11.1. The van der Waals surface area contributed by atoms with Gasteiger partial charge in [0.2, 0.25) is 5.91 Å². The van der Waals surface area contributed by atoms with Gasteiger partial charge in [0, 0.05) is 59.2 Å². The number of nitrogens with zero attached hydrogens (tertiary/aromatic N) is 6. The number of hydrogen-bond acceptors (Lipinski definition) is 5. The number of aliphatic imine (C=N–C) groups is 1. The van der Waals surface area contributed by atoms with Gasteiger partial charge in [0.15, 0.2) is 5.96 Å². The number of carbonyl (C=O) groups excluding carboxylic acids is 1. The first-order chi connectivity index (χ1) is 14.5. The molecule has 2 unspecified atom stereocenters. The van der Waals surface area contributed by atoms with Crippen molar-refractivity contribution in [1.29, 1.82) is 0 Å². The third kappa shape index (κ3) is 6.43. The van der Waals surface area contributed by atoms with Crippen LogP contribution in [0.4, 0.5) is 0 Å². The van der Waals surface area contributed by atoms with Gasteiger partial charge in [-0.1, -0.05) is 6.92 Å². The zero-order chi connectivity index (χ0) is 21.3. The molecular formula is C21H37N7O2. The molecule has 1 aromatic rings. The molecule has 9 nitrogen and oxygen atoms in total. The smallest absolute Gasteiger partial charge is 0.243 e. The third-order valence-corrected chi connectivity index (χ3v) is 6.03. The minimum Gasteiger partial charge on any atom is -0.379 e. The lowest BCUT2D eigenvalue weighted by atomic mass is 9.93. The van der Waals surface area contributed by atoms with Gasteiger partial charge in [-0.25, -0.2) is 9.98 Å². The van der Waals surface area contributed by atoms with Gasteiger partial charge in [-0.05, 0) is 25.3 Å². The lowest BCUT2D eigenvalue weighted by molar-refractivity contribution is -0.127. The molecule has 30 heavy (non-hydrogen) atoms. The van der Waals surface area contributed by atoms with Crippen LogP contribution in [0.5, 0.6) is 0 Å². The van der Waals surface area contributed by atoms with Gasteiger partial charge in [0.25, 0.3) is 0 Å². The second-order valence-corrected chi connectivity index (χ2v) is 8.45. The standard InChI is InChI=1S/C21H37N7O2/c1-18-5-9-27(16-19(18)28-10-7-22-17-28)21(24-15-20(29)25(2)3)23-6-4-8-26-11-13-30-14-12-26/h7,10,17-19H,4-6,8-9,11-16H2,1-3H3,(H,23,24). The summed E-state index contributed by atoms with van der Waals surface area (Å²) in [7, 11) is 3.54. The maximum absolute atomic E-state index is 12.1. The van der Waals surface area contributed by atoms with Crippen LogP contribution in [0.15, 0.2) is 23.7 Å². The highest BCUT2D eigenvalue weighted by Crippen LogP contribution is 2.27. The van der Waals surface area contributed by atoms with Crippen molar-refractivity contribution in [2.45, 2.75) is 25.8 Å². The van der Waals surface area contributed by atoms with Crippen molar-refractivity contribution in [3.63, 3.8) is 0 Å². The molecule has 0 radical (unpaired) electrons. The number of piperidine rings is 1. The van der Waals surface area contributed by atoms with Crippen molar-refractivity contribution in [2.75, 3.05) is 73.1 Å². The van der Waals surface area contributed by atoms with Crippen LogP contribution in [0.3, 0.4) is 0 Å². The van der Waals surface area contributed by atoms with Crippen LogP contribution in [-0.2, 0) is 9.53 Å². The Morgan fingerprint density at radius 3 is 2.80 bits per heavy atom. The predicted octanol–water partition coefficient (Wildman–Crippen LogP) is 0.522. The van der Waals surface area contributed by atoms with Crippen LogP contribution in [0.1, 0.15) is 25.8 Å². The van der Waals surface area contributed by atoms with E-state index in [9.17, 15) is 4.79 Å². The van der Waals surface area contributed by atoms with E-state index in [1.54, 1.807) is 19.0 Å². The van der Waals surface area contributed by atoms with Crippen LogP contribution >= 0.6 is 0 Å². The van der Waals surface area contributed by atoms with Crippen molar-refractivity contribution < 1.29 is 9.53 Å². The summed E-state index contributed by atoms with van der Waals surface area (Å²) in [5.41, 5.74) is 0. The Hall–Kier alpha value is -2.13. The molecule has 9 heteroatoms. The summed E-state index contributed by atoms with van der Waals surface area (Å²) in [4.78, 5) is 27.3. The number of carbonyl (C=O) groups is 1. The summed E-state index contributed by atoms with van der Waals surface area (Å²) in [6.45, 7) is 9.83. The summed E-state index contributed by atoms with van der Waals surface area (Å²) in [6.07, 6.45) is 7.88. The second-order valence-electron chi connectivity index (χ2n) is 8.45. The van der Waals surface area contributed by atoms with E-state index in [0.717, 1.165) is 71.3 Å². The van der Waals surface area contributed by atoms with Crippen LogP contribution in [0.2, 0.25) is 0 Å². The molecule has 2 fully saturated rings. The molecule has 1 amide bonds. The summed E-state index contributed by atoms with van der Waals surface area (Å²) >= 11 is 0. The van der Waals surface area contributed by atoms with Crippen LogP contribution in [0.25, 0.3) is 0 Å². The van der Waals surface area contributed by atoms with E-state index < -0.39 is 0 Å². The van der Waals surface area contributed by atoms with Gasteiger partial charge in [-0.15, -0.1) is 0 Å². The fraction of sp³-hybridized carbons (Fsp3) is 0.762. The quantitative estimate of drug-likeness (QED) is 0.395. The van der Waals surface area contributed by atoms with Gasteiger partial charge in [0.05, 0.1) is 25.6 Å². The predicted molar refractivity (Wildman–Crippen MR) is 117 cm³/mol. The molecule has 0 aliphatic carbocycles. The van der Waals surface area contributed by atoms with Gasteiger partial charge in [-0.2, -0.15) is 0 Å². The molecule has 2 saturated heterocycles. The molecule has 168 valence electrons. The van der Waals surface area contributed by atoms with Crippen LogP contribution in [0, 0.1) is 5.92 Å². The SMILES string of the molecule is CC1CCN(C(=NCC(=O)N(C)C)NCCCN2CCOCC2)CC1n1ccnc1. The van der Waals surface area contributed by atoms with Gasteiger partial charge in [-0.3, -0.25) is 9.69 Å². The number of nitrogens with one attached hydrogen (secondary N) is 1. The molecule has 0 saturated carbocycles. The lowest BCUT2D eigenvalue weighted by Crippen LogP contribution is -2.49. The molecular weight excluding hydrogens is 382 g/mol. The zero-order valence-corrected chi connectivity index (χ0v) is 18.7. The first kappa shape index (κ1) is 22.6. The summed E-state index contributed by atoms with van der Waals surface area (Å²) in [5.74, 6) is 1.42. The summed E-state index contributed by atoms with van der Waals surface area (Å²) in [5, 5.41) is 3.53. The molecule has 2 aliphatic heterocycles. The largest absolute Gasteiger partial charge is 0.379 e. The number of hydrogen-bond donors (Lipinski definition) is 1. The molecule has 2 aliphatic rings. The number of likely N-dealkylation sites (N-methyl/N-ethyl adjacent to an activating group) is 1. The maximum Gasteiger partial charge on any atom is 0.243 e. The van der Waals surface area contributed by atoms with Crippen molar-refractivity contribution >= 4 is 11.9 Å².